The Kier molecular flexibility index (Phi) is 7.90. The number of ether oxygens (including phenoxy) is 1. The summed E-state index contributed by atoms with van der Waals surface area (Å²) in [7, 11) is 7.49. The number of carboxylic acids is 1. The molecule has 0 aliphatic rings. The molecule has 114 valence electrons. The molecule has 0 radical (unpaired) electrons. The van der Waals surface area contributed by atoms with Crippen LogP contribution in [0.25, 0.3) is 0 Å². The summed E-state index contributed by atoms with van der Waals surface area (Å²) in [5.41, 5.74) is -0.114. The second-order valence-corrected chi connectivity index (χ2v) is 5.79. The second-order valence-electron chi connectivity index (χ2n) is 4.98. The minimum atomic E-state index is -1.16. The van der Waals surface area contributed by atoms with Gasteiger partial charge in [-0.25, -0.2) is 4.79 Å². The molecule has 0 heterocycles. The third-order valence-electron chi connectivity index (χ3n) is 2.25. The molecular formula is C13H20Cl2NO4+. The maximum atomic E-state index is 10.7. The Morgan fingerprint density at radius 1 is 1.25 bits per heavy atom. The first-order valence-corrected chi connectivity index (χ1v) is 6.56. The molecular weight excluding hydrogens is 305 g/mol. The van der Waals surface area contributed by atoms with Gasteiger partial charge in [0.15, 0.2) is 5.75 Å². The fourth-order valence-corrected chi connectivity index (χ4v) is 1.70. The summed E-state index contributed by atoms with van der Waals surface area (Å²) < 4.78 is 5.66. The first-order chi connectivity index (χ1) is 9.14. The zero-order chi connectivity index (χ0) is 15.9. The van der Waals surface area contributed by atoms with Crippen molar-refractivity contribution in [2.75, 3.05) is 41.4 Å². The maximum absolute atomic E-state index is 10.7. The molecule has 0 atom stereocenters. The van der Waals surface area contributed by atoms with Crippen LogP contribution in [0.1, 0.15) is 10.4 Å². The van der Waals surface area contributed by atoms with Crippen LogP contribution in [-0.2, 0) is 0 Å². The van der Waals surface area contributed by atoms with Crippen molar-refractivity contribution in [3.8, 4) is 5.75 Å². The van der Waals surface area contributed by atoms with Gasteiger partial charge in [-0.05, 0) is 12.1 Å². The molecule has 0 bridgehead atoms. The lowest BCUT2D eigenvalue weighted by molar-refractivity contribution is -0.870. The van der Waals surface area contributed by atoms with Gasteiger partial charge in [0.25, 0.3) is 0 Å². The average Bonchev–Trinajstić information content (AvgIpc) is 2.30. The quantitative estimate of drug-likeness (QED) is 0.834. The van der Waals surface area contributed by atoms with Crippen molar-refractivity contribution in [3.63, 3.8) is 0 Å². The first kappa shape index (κ1) is 19.0. The minimum absolute atomic E-state index is 0.0849. The van der Waals surface area contributed by atoms with Crippen molar-refractivity contribution in [3.05, 3.63) is 27.7 Å². The normalized spacial score (nSPS) is 10.6. The van der Waals surface area contributed by atoms with Crippen molar-refractivity contribution in [2.24, 2.45) is 0 Å². The zero-order valence-electron chi connectivity index (χ0n) is 12.0. The predicted molar refractivity (Wildman–Crippen MR) is 80.0 cm³/mol. The second kappa shape index (κ2) is 8.32. The van der Waals surface area contributed by atoms with E-state index in [9.17, 15) is 4.79 Å². The van der Waals surface area contributed by atoms with Crippen molar-refractivity contribution in [1.82, 2.24) is 0 Å². The number of hydrogen-bond donors (Lipinski definition) is 2. The smallest absolute Gasteiger partial charge is 0.341 e. The Bertz CT molecular complexity index is 458. The van der Waals surface area contributed by atoms with E-state index in [1.807, 2.05) is 0 Å². The molecule has 0 amide bonds. The summed E-state index contributed by atoms with van der Waals surface area (Å²) in [6.07, 6.45) is 0. The fourth-order valence-electron chi connectivity index (χ4n) is 1.23. The van der Waals surface area contributed by atoms with Crippen molar-refractivity contribution >= 4 is 29.2 Å². The Morgan fingerprint density at radius 2 is 1.75 bits per heavy atom. The standard InChI is InChI=1S/C8H6Cl2O3.C5H14NO/c1-13-7-5(10)3-2-4(9)6(7)8(11)12;1-6(2,3)4-5-7/h2-3H,1H3,(H,11,12);7H,4-5H2,1-3H3/q;+1. The highest BCUT2D eigenvalue weighted by molar-refractivity contribution is 6.36. The van der Waals surface area contributed by atoms with Gasteiger partial charge in [-0.3, -0.25) is 0 Å². The molecule has 0 saturated heterocycles. The van der Waals surface area contributed by atoms with E-state index >= 15 is 0 Å². The van der Waals surface area contributed by atoms with Gasteiger partial charge in [0, 0.05) is 0 Å². The lowest BCUT2D eigenvalue weighted by Gasteiger charge is -2.21. The molecule has 2 N–H and O–H groups in total. The molecule has 7 heteroatoms. The van der Waals surface area contributed by atoms with Crippen LogP contribution < -0.4 is 4.74 Å². The summed E-state index contributed by atoms with van der Waals surface area (Å²) >= 11 is 11.4. The first-order valence-electron chi connectivity index (χ1n) is 5.80. The van der Waals surface area contributed by atoms with E-state index in [0.717, 1.165) is 11.0 Å². The number of aliphatic hydroxyl groups excluding tert-OH is 1. The summed E-state index contributed by atoms with van der Waals surface area (Å²) in [6.45, 7) is 1.11. The van der Waals surface area contributed by atoms with Gasteiger partial charge in [-0.2, -0.15) is 0 Å². The van der Waals surface area contributed by atoms with E-state index in [4.69, 9.17) is 38.2 Å². The number of halogens is 2. The van der Waals surface area contributed by atoms with Crippen LogP contribution in [0.4, 0.5) is 0 Å². The Balaban J connectivity index is 0.000000441. The number of nitrogens with zero attached hydrogens (tertiary/aromatic N) is 1. The number of carbonyl (C=O) groups is 1. The third kappa shape index (κ3) is 6.43. The number of likely N-dealkylation sites (N-methyl/N-ethyl adjacent to an activating group) is 1. The SMILES string of the molecule is COc1c(Cl)ccc(Cl)c1C(=O)O.C[N+](C)(C)CCO. The van der Waals surface area contributed by atoms with Gasteiger partial charge >= 0.3 is 5.97 Å². The summed E-state index contributed by atoms with van der Waals surface area (Å²) in [4.78, 5) is 10.7. The molecule has 0 aliphatic heterocycles. The maximum Gasteiger partial charge on any atom is 0.341 e. The number of methoxy groups -OCH3 is 1. The largest absolute Gasteiger partial charge is 0.494 e. The zero-order valence-corrected chi connectivity index (χ0v) is 13.5. The number of quaternary nitrogens is 1. The lowest BCUT2D eigenvalue weighted by atomic mass is 10.2. The highest BCUT2D eigenvalue weighted by atomic mass is 35.5. The van der Waals surface area contributed by atoms with E-state index in [1.54, 1.807) is 0 Å². The van der Waals surface area contributed by atoms with Gasteiger partial charge in [0.2, 0.25) is 0 Å². The predicted octanol–water partition coefficient (Wildman–Crippen LogP) is 2.39. The van der Waals surface area contributed by atoms with E-state index in [0.29, 0.717) is 0 Å². The molecule has 0 saturated carbocycles. The van der Waals surface area contributed by atoms with Crippen molar-refractivity contribution < 1.29 is 24.2 Å². The Morgan fingerprint density at radius 3 is 2.00 bits per heavy atom. The molecule has 20 heavy (non-hydrogen) atoms. The topological polar surface area (TPSA) is 66.8 Å². The molecule has 0 unspecified atom stereocenters. The molecule has 0 spiro atoms. The molecule has 0 fully saturated rings. The van der Waals surface area contributed by atoms with Crippen LogP contribution in [0, 0.1) is 0 Å². The monoisotopic (exact) mass is 324 g/mol. The van der Waals surface area contributed by atoms with Gasteiger partial charge in [0.05, 0.1) is 44.9 Å². The Labute approximate surface area is 128 Å². The van der Waals surface area contributed by atoms with Crippen molar-refractivity contribution in [1.29, 1.82) is 0 Å². The lowest BCUT2D eigenvalue weighted by Crippen LogP contribution is -2.36. The summed E-state index contributed by atoms with van der Waals surface area (Å²) in [5.74, 6) is -1.08. The molecule has 1 rings (SSSR count). The van der Waals surface area contributed by atoms with Crippen LogP contribution in [-0.4, -0.2) is 62.1 Å². The van der Waals surface area contributed by atoms with Crippen LogP contribution in [0.2, 0.25) is 10.0 Å². The van der Waals surface area contributed by atoms with Crippen LogP contribution >= 0.6 is 23.2 Å². The molecule has 5 nitrogen and oxygen atoms in total. The Hall–Kier alpha value is -1.01. The summed E-state index contributed by atoms with van der Waals surface area (Å²) in [6, 6.07) is 2.89. The third-order valence-corrected chi connectivity index (χ3v) is 2.86. The van der Waals surface area contributed by atoms with Crippen LogP contribution in [0.3, 0.4) is 0 Å². The highest BCUT2D eigenvalue weighted by Crippen LogP contribution is 2.33. The van der Waals surface area contributed by atoms with E-state index in [-0.39, 0.29) is 28.0 Å². The van der Waals surface area contributed by atoms with E-state index in [1.165, 1.54) is 19.2 Å². The van der Waals surface area contributed by atoms with Crippen LogP contribution in [0.5, 0.6) is 5.75 Å². The molecule has 1 aromatic rings. The number of carboxylic acid groups (broad SMARTS) is 1. The minimum Gasteiger partial charge on any atom is -0.494 e. The highest BCUT2D eigenvalue weighted by Gasteiger charge is 2.17. The average molecular weight is 325 g/mol. The number of hydrogen-bond acceptors (Lipinski definition) is 3. The van der Waals surface area contributed by atoms with E-state index in [2.05, 4.69) is 21.1 Å². The summed E-state index contributed by atoms with van der Waals surface area (Å²) in [5, 5.41) is 17.5. The molecule has 0 aliphatic carbocycles. The van der Waals surface area contributed by atoms with Crippen molar-refractivity contribution in [2.45, 2.75) is 0 Å². The van der Waals surface area contributed by atoms with Crippen LogP contribution in [0.15, 0.2) is 12.1 Å². The van der Waals surface area contributed by atoms with Gasteiger partial charge in [-0.15, -0.1) is 0 Å². The number of benzene rings is 1. The van der Waals surface area contributed by atoms with E-state index < -0.39 is 5.97 Å². The fraction of sp³-hybridized carbons (Fsp3) is 0.462. The number of aromatic carboxylic acids is 1. The molecule has 0 aromatic heterocycles. The molecule has 1 aromatic carbocycles. The number of rotatable bonds is 4. The van der Waals surface area contributed by atoms with Gasteiger partial charge < -0.3 is 19.4 Å². The van der Waals surface area contributed by atoms with Gasteiger partial charge in [-0.1, -0.05) is 23.2 Å². The van der Waals surface area contributed by atoms with Gasteiger partial charge in [0.1, 0.15) is 12.1 Å². The number of aliphatic hydroxyl groups is 1.